The van der Waals surface area contributed by atoms with Gasteiger partial charge in [0, 0.05) is 26.2 Å². The van der Waals surface area contributed by atoms with E-state index in [-0.39, 0.29) is 18.0 Å². The van der Waals surface area contributed by atoms with Crippen LogP contribution in [-0.2, 0) is 4.79 Å². The average molecular weight is 256 g/mol. The van der Waals surface area contributed by atoms with Crippen LogP contribution in [0, 0.1) is 17.8 Å². The highest BCUT2D eigenvalue weighted by Gasteiger charge is 2.38. The molecule has 1 aliphatic rings. The van der Waals surface area contributed by atoms with Gasteiger partial charge >= 0.3 is 12.0 Å². The molecule has 0 aromatic carbocycles. The molecule has 0 spiro atoms. The highest BCUT2D eigenvalue weighted by atomic mass is 16.4. The van der Waals surface area contributed by atoms with Crippen molar-refractivity contribution < 1.29 is 14.7 Å². The van der Waals surface area contributed by atoms with E-state index in [1.807, 2.05) is 13.8 Å². The number of rotatable bonds is 3. The van der Waals surface area contributed by atoms with Crippen LogP contribution in [0.1, 0.15) is 27.7 Å². The Balaban J connectivity index is 2.67. The molecule has 3 atom stereocenters. The molecule has 5 heteroatoms. The van der Waals surface area contributed by atoms with E-state index in [1.165, 1.54) is 0 Å². The van der Waals surface area contributed by atoms with E-state index in [1.54, 1.807) is 16.8 Å². The lowest BCUT2D eigenvalue weighted by atomic mass is 9.99. The number of nitrogens with zero attached hydrogens (tertiary/aromatic N) is 2. The van der Waals surface area contributed by atoms with Crippen LogP contribution in [-0.4, -0.2) is 53.1 Å². The molecule has 1 rings (SSSR count). The molecule has 1 saturated heterocycles. The standard InChI is InChI=1S/C13H24N2O3/c1-8(2)10(4)14(5)13(18)15-6-9(3)11(7-15)12(16)17/h8-11H,6-7H2,1-5H3,(H,16,17). The molecule has 5 nitrogen and oxygen atoms in total. The zero-order chi connectivity index (χ0) is 14.0. The van der Waals surface area contributed by atoms with E-state index >= 15 is 0 Å². The topological polar surface area (TPSA) is 60.9 Å². The van der Waals surface area contributed by atoms with E-state index in [0.717, 1.165) is 0 Å². The van der Waals surface area contributed by atoms with Gasteiger partial charge < -0.3 is 14.9 Å². The van der Waals surface area contributed by atoms with Crippen molar-refractivity contribution in [3.8, 4) is 0 Å². The minimum absolute atomic E-state index is 0.0224. The summed E-state index contributed by atoms with van der Waals surface area (Å²) in [6, 6.07) is 0.0866. The van der Waals surface area contributed by atoms with E-state index < -0.39 is 11.9 Å². The molecule has 0 radical (unpaired) electrons. The lowest BCUT2D eigenvalue weighted by Crippen LogP contribution is -2.46. The molecule has 0 aliphatic carbocycles. The van der Waals surface area contributed by atoms with Crippen LogP contribution in [0.5, 0.6) is 0 Å². The number of carbonyl (C=O) groups excluding carboxylic acids is 1. The number of carboxylic acids is 1. The zero-order valence-electron chi connectivity index (χ0n) is 11.9. The number of hydrogen-bond donors (Lipinski definition) is 1. The predicted octanol–water partition coefficient (Wildman–Crippen LogP) is 1.74. The Morgan fingerprint density at radius 3 is 2.22 bits per heavy atom. The van der Waals surface area contributed by atoms with Crippen LogP contribution in [0.3, 0.4) is 0 Å². The van der Waals surface area contributed by atoms with Gasteiger partial charge in [-0.1, -0.05) is 20.8 Å². The van der Waals surface area contributed by atoms with E-state index in [2.05, 4.69) is 13.8 Å². The van der Waals surface area contributed by atoms with Gasteiger partial charge in [0.2, 0.25) is 0 Å². The first-order valence-corrected chi connectivity index (χ1v) is 6.50. The third-order valence-electron chi connectivity index (χ3n) is 4.08. The van der Waals surface area contributed by atoms with Crippen molar-refractivity contribution in [2.24, 2.45) is 17.8 Å². The second-order valence-corrected chi connectivity index (χ2v) is 5.71. The molecule has 0 saturated carbocycles. The molecule has 3 unspecified atom stereocenters. The summed E-state index contributed by atoms with van der Waals surface area (Å²) in [7, 11) is 1.78. The molecular weight excluding hydrogens is 232 g/mol. The van der Waals surface area contributed by atoms with Crippen LogP contribution in [0.4, 0.5) is 4.79 Å². The summed E-state index contributed by atoms with van der Waals surface area (Å²) >= 11 is 0. The molecule has 0 bridgehead atoms. The molecular formula is C13H24N2O3. The van der Waals surface area contributed by atoms with Crippen LogP contribution < -0.4 is 0 Å². The first-order valence-electron chi connectivity index (χ1n) is 6.50. The van der Waals surface area contributed by atoms with Gasteiger partial charge in [0.25, 0.3) is 0 Å². The Morgan fingerprint density at radius 2 is 1.83 bits per heavy atom. The second-order valence-electron chi connectivity index (χ2n) is 5.71. The minimum Gasteiger partial charge on any atom is -0.481 e. The van der Waals surface area contributed by atoms with Gasteiger partial charge in [-0.25, -0.2) is 4.79 Å². The number of amides is 2. The molecule has 0 aromatic rings. The third kappa shape index (κ3) is 2.94. The number of carboxylic acid groups (broad SMARTS) is 1. The summed E-state index contributed by atoms with van der Waals surface area (Å²) in [5, 5.41) is 9.07. The molecule has 1 aliphatic heterocycles. The first kappa shape index (κ1) is 14.8. The summed E-state index contributed by atoms with van der Waals surface area (Å²) in [5.41, 5.74) is 0. The smallest absolute Gasteiger partial charge is 0.320 e. The fraction of sp³-hybridized carbons (Fsp3) is 0.846. The average Bonchev–Trinajstić information content (AvgIpc) is 2.68. The highest BCUT2D eigenvalue weighted by molar-refractivity contribution is 5.77. The monoisotopic (exact) mass is 256 g/mol. The summed E-state index contributed by atoms with van der Waals surface area (Å²) in [4.78, 5) is 26.7. The maximum Gasteiger partial charge on any atom is 0.320 e. The Hall–Kier alpha value is -1.26. The number of likely N-dealkylation sites (tertiary alicyclic amines) is 1. The Labute approximate surface area is 109 Å². The molecule has 1 fully saturated rings. The number of carbonyl (C=O) groups is 2. The molecule has 18 heavy (non-hydrogen) atoms. The first-order chi connectivity index (χ1) is 8.25. The quantitative estimate of drug-likeness (QED) is 0.836. The van der Waals surface area contributed by atoms with Gasteiger partial charge in [-0.3, -0.25) is 4.79 Å². The van der Waals surface area contributed by atoms with Crippen molar-refractivity contribution in [2.75, 3.05) is 20.1 Å². The van der Waals surface area contributed by atoms with Crippen LogP contribution in [0.2, 0.25) is 0 Å². The highest BCUT2D eigenvalue weighted by Crippen LogP contribution is 2.24. The summed E-state index contributed by atoms with van der Waals surface area (Å²) in [6.45, 7) is 8.90. The van der Waals surface area contributed by atoms with Gasteiger partial charge in [0.05, 0.1) is 5.92 Å². The van der Waals surface area contributed by atoms with Crippen molar-refractivity contribution in [3.63, 3.8) is 0 Å². The lowest BCUT2D eigenvalue weighted by molar-refractivity contribution is -0.142. The summed E-state index contributed by atoms with van der Waals surface area (Å²) in [5.74, 6) is -0.836. The molecule has 1 N–H and O–H groups in total. The fourth-order valence-electron chi connectivity index (χ4n) is 2.29. The number of hydrogen-bond acceptors (Lipinski definition) is 2. The maximum atomic E-state index is 12.3. The van der Waals surface area contributed by atoms with Crippen molar-refractivity contribution in [1.29, 1.82) is 0 Å². The second kappa shape index (κ2) is 5.59. The Morgan fingerprint density at radius 1 is 1.28 bits per heavy atom. The number of aliphatic carboxylic acids is 1. The molecule has 0 aromatic heterocycles. The fourth-order valence-corrected chi connectivity index (χ4v) is 2.29. The molecule has 1 heterocycles. The maximum absolute atomic E-state index is 12.3. The van der Waals surface area contributed by atoms with Gasteiger partial charge in [-0.15, -0.1) is 0 Å². The van der Waals surface area contributed by atoms with Gasteiger partial charge in [-0.2, -0.15) is 0 Å². The summed E-state index contributed by atoms with van der Waals surface area (Å²) < 4.78 is 0. The van der Waals surface area contributed by atoms with E-state index in [4.69, 9.17) is 5.11 Å². The van der Waals surface area contributed by atoms with E-state index in [9.17, 15) is 9.59 Å². The van der Waals surface area contributed by atoms with Crippen molar-refractivity contribution in [1.82, 2.24) is 9.80 Å². The Bertz CT molecular complexity index is 330. The number of urea groups is 1. The van der Waals surface area contributed by atoms with Gasteiger partial charge in [-0.05, 0) is 18.8 Å². The molecule has 2 amide bonds. The third-order valence-corrected chi connectivity index (χ3v) is 4.08. The van der Waals surface area contributed by atoms with Crippen molar-refractivity contribution in [2.45, 2.75) is 33.7 Å². The van der Waals surface area contributed by atoms with Crippen LogP contribution >= 0.6 is 0 Å². The normalized spacial score (nSPS) is 25.3. The predicted molar refractivity (Wildman–Crippen MR) is 69.3 cm³/mol. The van der Waals surface area contributed by atoms with Crippen molar-refractivity contribution in [3.05, 3.63) is 0 Å². The van der Waals surface area contributed by atoms with Crippen LogP contribution in [0.25, 0.3) is 0 Å². The lowest BCUT2D eigenvalue weighted by Gasteiger charge is -2.31. The minimum atomic E-state index is -0.808. The van der Waals surface area contributed by atoms with Crippen LogP contribution in [0.15, 0.2) is 0 Å². The largest absolute Gasteiger partial charge is 0.481 e. The Kier molecular flexibility index (Phi) is 4.59. The van der Waals surface area contributed by atoms with Gasteiger partial charge in [0.1, 0.15) is 0 Å². The summed E-state index contributed by atoms with van der Waals surface area (Å²) in [6.07, 6.45) is 0. The SMILES string of the molecule is CC(C)C(C)N(C)C(=O)N1CC(C)C(C(=O)O)C1. The molecule has 104 valence electrons. The zero-order valence-corrected chi connectivity index (χ0v) is 11.9. The van der Waals surface area contributed by atoms with Crippen molar-refractivity contribution >= 4 is 12.0 Å². The van der Waals surface area contributed by atoms with Gasteiger partial charge in [0.15, 0.2) is 0 Å². The van der Waals surface area contributed by atoms with E-state index in [0.29, 0.717) is 19.0 Å².